The molecule has 34 heavy (non-hydrogen) atoms. The van der Waals surface area contributed by atoms with Gasteiger partial charge in [-0.2, -0.15) is 0 Å². The fourth-order valence-corrected chi connectivity index (χ4v) is 5.02. The maximum absolute atomic E-state index is 13.5. The van der Waals surface area contributed by atoms with Crippen LogP contribution in [0.5, 0.6) is 0 Å². The number of methoxy groups -OCH3 is 1. The number of carbonyl (C=O) groups excluding carboxylic acids is 3. The second-order valence-electron chi connectivity index (χ2n) is 9.26. The molecule has 3 amide bonds. The average molecular weight is 471 g/mol. The molecule has 2 heterocycles. The van der Waals surface area contributed by atoms with Crippen LogP contribution in [-0.2, 0) is 20.7 Å². The van der Waals surface area contributed by atoms with Crippen molar-refractivity contribution in [3.63, 3.8) is 0 Å². The molecule has 1 atom stereocenters. The minimum absolute atomic E-state index is 0.141. The van der Waals surface area contributed by atoms with E-state index in [4.69, 9.17) is 9.47 Å². The molecular formula is C25H34N4O5. The first-order valence-corrected chi connectivity index (χ1v) is 12.1. The van der Waals surface area contributed by atoms with Crippen molar-refractivity contribution in [2.24, 2.45) is 0 Å². The van der Waals surface area contributed by atoms with Gasteiger partial charge < -0.3 is 25.0 Å². The normalized spacial score (nSPS) is 18.8. The van der Waals surface area contributed by atoms with Gasteiger partial charge in [-0.3, -0.25) is 9.36 Å². The van der Waals surface area contributed by atoms with Crippen molar-refractivity contribution in [2.75, 3.05) is 33.4 Å². The highest BCUT2D eigenvalue weighted by Gasteiger charge is 2.42. The maximum atomic E-state index is 13.5. The maximum Gasteiger partial charge on any atom is 0.418 e. The molecule has 1 aliphatic heterocycles. The minimum atomic E-state index is -0.901. The van der Waals surface area contributed by atoms with Crippen molar-refractivity contribution in [3.8, 4) is 0 Å². The van der Waals surface area contributed by atoms with Crippen LogP contribution in [0.2, 0.25) is 0 Å². The van der Waals surface area contributed by atoms with E-state index < -0.39 is 11.6 Å². The Morgan fingerprint density at radius 1 is 1.12 bits per heavy atom. The Bertz CT molecular complexity index is 1040. The zero-order valence-corrected chi connectivity index (χ0v) is 20.0. The summed E-state index contributed by atoms with van der Waals surface area (Å²) in [5.41, 5.74) is 0.815. The largest absolute Gasteiger partial charge is 0.452 e. The van der Waals surface area contributed by atoms with Crippen LogP contribution in [0.4, 0.5) is 9.59 Å². The van der Waals surface area contributed by atoms with Crippen LogP contribution in [0.1, 0.15) is 44.6 Å². The Hall–Kier alpha value is -3.07. The van der Waals surface area contributed by atoms with Gasteiger partial charge in [0.15, 0.2) is 0 Å². The van der Waals surface area contributed by atoms with Gasteiger partial charge in [0.25, 0.3) is 0 Å². The van der Waals surface area contributed by atoms with Crippen molar-refractivity contribution in [1.82, 2.24) is 20.1 Å². The Morgan fingerprint density at radius 2 is 1.82 bits per heavy atom. The molecule has 9 nitrogen and oxygen atoms in total. The lowest BCUT2D eigenvalue weighted by molar-refractivity contribution is -0.129. The molecule has 184 valence electrons. The van der Waals surface area contributed by atoms with Gasteiger partial charge in [-0.1, -0.05) is 37.5 Å². The van der Waals surface area contributed by atoms with E-state index in [2.05, 4.69) is 10.6 Å². The van der Waals surface area contributed by atoms with E-state index in [1.807, 2.05) is 31.2 Å². The fraction of sp³-hybridized carbons (Fsp3) is 0.560. The van der Waals surface area contributed by atoms with Crippen LogP contribution in [0.25, 0.3) is 10.9 Å². The van der Waals surface area contributed by atoms with Crippen LogP contribution >= 0.6 is 0 Å². The average Bonchev–Trinajstić information content (AvgIpc) is 3.22. The third-order valence-corrected chi connectivity index (χ3v) is 6.86. The first-order valence-electron chi connectivity index (χ1n) is 12.1. The van der Waals surface area contributed by atoms with Gasteiger partial charge in [0.05, 0.1) is 25.8 Å². The molecule has 2 aliphatic rings. The molecular weight excluding hydrogens is 436 g/mol. The minimum Gasteiger partial charge on any atom is -0.452 e. The standard InChI is InChI=1S/C25H34N4O5/c1-18(16-19-17-29(24(32)33-2)21-9-5-4-8-20(19)21)26-22(30)25(10-6-3-7-11-25)27-23(31)28-12-14-34-15-13-28/h4-5,8-9,17-18H,3,6-7,10-16H2,1-2H3,(H,26,30)(H,27,31)/t18-/m1/s1. The van der Waals surface area contributed by atoms with E-state index in [1.54, 1.807) is 11.1 Å². The highest BCUT2D eigenvalue weighted by atomic mass is 16.5. The zero-order valence-electron chi connectivity index (χ0n) is 20.0. The monoisotopic (exact) mass is 470 g/mol. The molecule has 0 radical (unpaired) electrons. The fourth-order valence-electron chi connectivity index (χ4n) is 5.02. The van der Waals surface area contributed by atoms with Crippen LogP contribution in [0.3, 0.4) is 0 Å². The third kappa shape index (κ3) is 5.04. The Kier molecular flexibility index (Phi) is 7.41. The van der Waals surface area contributed by atoms with Gasteiger partial charge in [-0.05, 0) is 37.8 Å². The topological polar surface area (TPSA) is 102 Å². The summed E-state index contributed by atoms with van der Waals surface area (Å²) in [5, 5.41) is 7.17. The van der Waals surface area contributed by atoms with Gasteiger partial charge in [0, 0.05) is 30.7 Å². The molecule has 1 saturated heterocycles. The van der Waals surface area contributed by atoms with Gasteiger partial charge in [0.1, 0.15) is 5.54 Å². The summed E-state index contributed by atoms with van der Waals surface area (Å²) in [5.74, 6) is -0.141. The van der Waals surface area contributed by atoms with E-state index in [0.717, 1.165) is 35.7 Å². The van der Waals surface area contributed by atoms with Crippen LogP contribution in [0, 0.1) is 0 Å². The number of fused-ring (bicyclic) bond motifs is 1. The number of aromatic nitrogens is 1. The Labute approximate surface area is 199 Å². The predicted molar refractivity (Wildman–Crippen MR) is 128 cm³/mol. The number of nitrogens with one attached hydrogen (secondary N) is 2. The van der Waals surface area contributed by atoms with Gasteiger partial charge in [0.2, 0.25) is 5.91 Å². The number of ether oxygens (including phenoxy) is 2. The third-order valence-electron chi connectivity index (χ3n) is 6.86. The molecule has 1 aliphatic carbocycles. The summed E-state index contributed by atoms with van der Waals surface area (Å²) in [6, 6.07) is 7.24. The van der Waals surface area contributed by atoms with Crippen molar-refractivity contribution >= 4 is 28.9 Å². The number of amides is 3. The quantitative estimate of drug-likeness (QED) is 0.699. The highest BCUT2D eigenvalue weighted by Crippen LogP contribution is 2.29. The molecule has 1 aromatic carbocycles. The lowest BCUT2D eigenvalue weighted by atomic mass is 9.80. The lowest BCUT2D eigenvalue weighted by Gasteiger charge is -2.39. The van der Waals surface area contributed by atoms with E-state index in [9.17, 15) is 14.4 Å². The van der Waals surface area contributed by atoms with Gasteiger partial charge in [-0.15, -0.1) is 0 Å². The smallest absolute Gasteiger partial charge is 0.418 e. The molecule has 4 rings (SSSR count). The van der Waals surface area contributed by atoms with Crippen molar-refractivity contribution < 1.29 is 23.9 Å². The molecule has 0 unspecified atom stereocenters. The first-order chi connectivity index (χ1) is 16.4. The number of para-hydroxylation sites is 1. The summed E-state index contributed by atoms with van der Waals surface area (Å²) in [6.45, 7) is 4.04. The number of hydrogen-bond donors (Lipinski definition) is 2. The Morgan fingerprint density at radius 3 is 2.53 bits per heavy atom. The molecule has 2 N–H and O–H groups in total. The molecule has 1 aromatic heterocycles. The summed E-state index contributed by atoms with van der Waals surface area (Å²) in [4.78, 5) is 40.4. The van der Waals surface area contributed by atoms with Crippen LogP contribution in [0.15, 0.2) is 30.5 Å². The molecule has 0 spiro atoms. The van der Waals surface area contributed by atoms with Crippen molar-refractivity contribution in [1.29, 1.82) is 0 Å². The first kappa shape index (κ1) is 24.1. The number of rotatable bonds is 5. The van der Waals surface area contributed by atoms with E-state index in [1.165, 1.54) is 11.7 Å². The summed E-state index contributed by atoms with van der Waals surface area (Å²) in [6.07, 6.45) is 5.98. The lowest BCUT2D eigenvalue weighted by Crippen LogP contribution is -2.63. The second-order valence-corrected chi connectivity index (χ2v) is 9.26. The predicted octanol–water partition coefficient (Wildman–Crippen LogP) is 3.05. The summed E-state index contributed by atoms with van der Waals surface area (Å²) < 4.78 is 11.7. The molecule has 9 heteroatoms. The number of urea groups is 1. The second kappa shape index (κ2) is 10.5. The zero-order chi connectivity index (χ0) is 24.1. The van der Waals surface area contributed by atoms with Gasteiger partial charge >= 0.3 is 12.1 Å². The van der Waals surface area contributed by atoms with Crippen molar-refractivity contribution in [2.45, 2.75) is 57.0 Å². The number of hydrogen-bond acceptors (Lipinski definition) is 5. The molecule has 2 fully saturated rings. The highest BCUT2D eigenvalue weighted by molar-refractivity contribution is 5.93. The summed E-state index contributed by atoms with van der Waals surface area (Å²) >= 11 is 0. The Balaban J connectivity index is 1.48. The summed E-state index contributed by atoms with van der Waals surface area (Å²) in [7, 11) is 1.36. The molecule has 0 bridgehead atoms. The van der Waals surface area contributed by atoms with E-state index >= 15 is 0 Å². The van der Waals surface area contributed by atoms with Crippen molar-refractivity contribution in [3.05, 3.63) is 36.0 Å². The van der Waals surface area contributed by atoms with Crippen LogP contribution in [-0.4, -0.2) is 72.5 Å². The van der Waals surface area contributed by atoms with E-state index in [0.29, 0.717) is 45.6 Å². The van der Waals surface area contributed by atoms with E-state index in [-0.39, 0.29) is 18.0 Å². The molecule has 2 aromatic rings. The number of benzene rings is 1. The number of morpholine rings is 1. The van der Waals surface area contributed by atoms with Crippen LogP contribution < -0.4 is 10.6 Å². The SMILES string of the molecule is COC(=O)n1cc(C[C@@H](C)NC(=O)C2(NC(=O)N3CCOCC3)CCCCC2)c2ccccc21. The van der Waals surface area contributed by atoms with Gasteiger partial charge in [-0.25, -0.2) is 9.59 Å². The number of carbonyl (C=O) groups is 3. The molecule has 1 saturated carbocycles. The number of nitrogens with zero attached hydrogens (tertiary/aromatic N) is 2.